The molecule has 5 heteroatoms. The predicted octanol–water partition coefficient (Wildman–Crippen LogP) is 1.76. The van der Waals surface area contributed by atoms with Crippen molar-refractivity contribution in [1.82, 2.24) is 5.32 Å². The van der Waals surface area contributed by atoms with E-state index >= 15 is 0 Å². The third-order valence-corrected chi connectivity index (χ3v) is 3.15. The van der Waals surface area contributed by atoms with Gasteiger partial charge in [-0.3, -0.25) is 4.79 Å². The highest BCUT2D eigenvalue weighted by Crippen LogP contribution is 2.24. The van der Waals surface area contributed by atoms with Gasteiger partial charge in [-0.05, 0) is 31.5 Å². The van der Waals surface area contributed by atoms with Crippen LogP contribution in [0.5, 0.6) is 5.75 Å². The van der Waals surface area contributed by atoms with Crippen LogP contribution < -0.4 is 15.8 Å². The molecule has 1 aromatic carbocycles. The van der Waals surface area contributed by atoms with Gasteiger partial charge >= 0.3 is 0 Å². The van der Waals surface area contributed by atoms with Crippen LogP contribution >= 0.6 is 0 Å². The van der Waals surface area contributed by atoms with Gasteiger partial charge in [0.1, 0.15) is 5.75 Å². The highest BCUT2D eigenvalue weighted by atomic mass is 16.5. The summed E-state index contributed by atoms with van der Waals surface area (Å²) in [5, 5.41) is 3.35. The Balaban J connectivity index is 2.79. The third-order valence-electron chi connectivity index (χ3n) is 3.15. The summed E-state index contributed by atoms with van der Waals surface area (Å²) >= 11 is 0. The van der Waals surface area contributed by atoms with Crippen LogP contribution in [0.1, 0.15) is 37.4 Å². The lowest BCUT2D eigenvalue weighted by molar-refractivity contribution is -0.118. The normalized spacial score (nSPS) is 13.8. The topological polar surface area (TPSA) is 73.6 Å². The molecule has 5 nitrogen and oxygen atoms in total. The van der Waals surface area contributed by atoms with Gasteiger partial charge < -0.3 is 20.5 Å². The van der Waals surface area contributed by atoms with Crippen molar-refractivity contribution in [3.8, 4) is 5.75 Å². The summed E-state index contributed by atoms with van der Waals surface area (Å²) in [6, 6.07) is 6.14. The first-order valence-corrected chi connectivity index (χ1v) is 6.68. The van der Waals surface area contributed by atoms with Crippen LogP contribution in [0.15, 0.2) is 18.2 Å². The number of carbonyl (C=O) groups excluding carboxylic acids is 1. The first-order valence-electron chi connectivity index (χ1n) is 6.68. The van der Waals surface area contributed by atoms with Gasteiger partial charge in [0.05, 0.1) is 13.7 Å². The molecule has 0 heterocycles. The number of hydrogen-bond donors (Lipinski definition) is 2. The van der Waals surface area contributed by atoms with Crippen molar-refractivity contribution in [3.05, 3.63) is 29.3 Å². The van der Waals surface area contributed by atoms with E-state index in [2.05, 4.69) is 18.3 Å². The highest BCUT2D eigenvalue weighted by Gasteiger charge is 2.13. The predicted molar refractivity (Wildman–Crippen MR) is 78.5 cm³/mol. The zero-order valence-electron chi connectivity index (χ0n) is 12.6. The zero-order valence-corrected chi connectivity index (χ0v) is 12.6. The lowest BCUT2D eigenvalue weighted by Crippen LogP contribution is -2.32. The molecule has 0 spiro atoms. The fourth-order valence-corrected chi connectivity index (χ4v) is 2.22. The molecule has 112 valence electrons. The maximum absolute atomic E-state index is 10.9. The molecule has 0 saturated heterocycles. The maximum Gasteiger partial charge on any atom is 0.218 e. The first-order chi connectivity index (χ1) is 9.47. The number of nitrogens with one attached hydrogen (secondary N) is 1. The Kier molecular flexibility index (Phi) is 6.48. The van der Waals surface area contributed by atoms with Crippen molar-refractivity contribution in [2.45, 2.75) is 39.0 Å². The van der Waals surface area contributed by atoms with Gasteiger partial charge in [-0.15, -0.1) is 0 Å². The van der Waals surface area contributed by atoms with Crippen molar-refractivity contribution in [1.29, 1.82) is 0 Å². The summed E-state index contributed by atoms with van der Waals surface area (Å²) in [4.78, 5) is 10.9. The van der Waals surface area contributed by atoms with E-state index in [1.165, 1.54) is 0 Å². The molecule has 0 aromatic heterocycles. The number of primary amides is 1. The molecule has 2 atom stereocenters. The van der Waals surface area contributed by atoms with Gasteiger partial charge in [-0.1, -0.05) is 6.07 Å². The lowest BCUT2D eigenvalue weighted by atomic mass is 10.0. The van der Waals surface area contributed by atoms with E-state index in [9.17, 15) is 4.79 Å². The van der Waals surface area contributed by atoms with Gasteiger partial charge in [0, 0.05) is 31.2 Å². The Hall–Kier alpha value is -1.59. The molecule has 20 heavy (non-hydrogen) atoms. The quantitative estimate of drug-likeness (QED) is 0.761. The lowest BCUT2D eigenvalue weighted by Gasteiger charge is -2.20. The van der Waals surface area contributed by atoms with E-state index in [4.69, 9.17) is 15.2 Å². The molecule has 1 rings (SSSR count). The summed E-state index contributed by atoms with van der Waals surface area (Å²) in [5.74, 6) is 0.514. The summed E-state index contributed by atoms with van der Waals surface area (Å²) < 4.78 is 10.5. The van der Waals surface area contributed by atoms with Crippen LogP contribution in [0.3, 0.4) is 0 Å². The van der Waals surface area contributed by atoms with Crippen LogP contribution in [0, 0.1) is 0 Å². The van der Waals surface area contributed by atoms with Crippen LogP contribution in [0.4, 0.5) is 0 Å². The Labute approximate surface area is 120 Å². The highest BCUT2D eigenvalue weighted by molar-refractivity contribution is 5.74. The van der Waals surface area contributed by atoms with Gasteiger partial charge in [-0.2, -0.15) is 0 Å². The molecule has 0 aliphatic heterocycles. The van der Waals surface area contributed by atoms with Crippen molar-refractivity contribution in [3.63, 3.8) is 0 Å². The second-order valence-electron chi connectivity index (χ2n) is 4.96. The summed E-state index contributed by atoms with van der Waals surface area (Å²) in [6.07, 6.45) is 0.325. The Morgan fingerprint density at radius 1 is 1.35 bits per heavy atom. The molecule has 0 bridgehead atoms. The minimum absolute atomic E-state index is 0.0375. The second kappa shape index (κ2) is 7.87. The van der Waals surface area contributed by atoms with Crippen molar-refractivity contribution >= 4 is 5.91 Å². The largest absolute Gasteiger partial charge is 0.496 e. The molecule has 2 unspecified atom stereocenters. The number of benzene rings is 1. The van der Waals surface area contributed by atoms with Gasteiger partial charge in [0.15, 0.2) is 0 Å². The van der Waals surface area contributed by atoms with Crippen LogP contribution in [0.25, 0.3) is 0 Å². The Morgan fingerprint density at radius 2 is 2.05 bits per heavy atom. The fraction of sp³-hybridized carbons (Fsp3) is 0.533. The number of amides is 1. The first kappa shape index (κ1) is 16.5. The molecule has 0 fully saturated rings. The molecular weight excluding hydrogens is 256 g/mol. The number of nitrogens with two attached hydrogens (primary N) is 1. The van der Waals surface area contributed by atoms with Gasteiger partial charge in [0.2, 0.25) is 5.91 Å². The molecule has 3 N–H and O–H groups in total. The van der Waals surface area contributed by atoms with E-state index in [0.29, 0.717) is 13.0 Å². The Bertz CT molecular complexity index is 449. The van der Waals surface area contributed by atoms with E-state index in [-0.39, 0.29) is 18.0 Å². The summed E-state index contributed by atoms with van der Waals surface area (Å²) in [6.45, 7) is 4.50. The average Bonchev–Trinajstić information content (AvgIpc) is 2.37. The number of methoxy groups -OCH3 is 2. The number of hydrogen-bond acceptors (Lipinski definition) is 4. The number of carbonyl (C=O) groups is 1. The maximum atomic E-state index is 10.9. The third kappa shape index (κ3) is 4.83. The van der Waals surface area contributed by atoms with Gasteiger partial charge in [-0.25, -0.2) is 0 Å². The molecule has 1 amide bonds. The summed E-state index contributed by atoms with van der Waals surface area (Å²) in [5.41, 5.74) is 7.32. The molecule has 0 aliphatic carbocycles. The summed E-state index contributed by atoms with van der Waals surface area (Å²) in [7, 11) is 3.30. The number of rotatable bonds is 8. The minimum Gasteiger partial charge on any atom is -0.496 e. The minimum atomic E-state index is -0.299. The molecule has 1 aromatic rings. The van der Waals surface area contributed by atoms with Crippen LogP contribution in [0.2, 0.25) is 0 Å². The van der Waals surface area contributed by atoms with E-state index in [0.717, 1.165) is 16.9 Å². The zero-order chi connectivity index (χ0) is 15.1. The second-order valence-corrected chi connectivity index (χ2v) is 4.96. The van der Waals surface area contributed by atoms with Crippen LogP contribution in [-0.2, 0) is 16.1 Å². The van der Waals surface area contributed by atoms with E-state index in [1.54, 1.807) is 14.2 Å². The van der Waals surface area contributed by atoms with Crippen molar-refractivity contribution in [2.24, 2.45) is 5.73 Å². The van der Waals surface area contributed by atoms with Crippen molar-refractivity contribution in [2.75, 3.05) is 14.2 Å². The SMILES string of the molecule is COCc1cc(C(C)NC(C)CC(N)=O)ccc1OC. The molecule has 0 saturated carbocycles. The fourth-order valence-electron chi connectivity index (χ4n) is 2.22. The van der Waals surface area contributed by atoms with E-state index < -0.39 is 0 Å². The number of ether oxygens (including phenoxy) is 2. The molecule has 0 aliphatic rings. The molecule has 0 radical (unpaired) electrons. The standard InChI is InChI=1S/C15H24N2O3/c1-10(7-15(16)18)17-11(2)12-5-6-14(20-4)13(8-12)9-19-3/h5-6,8,10-11,17H,7,9H2,1-4H3,(H2,16,18). The smallest absolute Gasteiger partial charge is 0.218 e. The van der Waals surface area contributed by atoms with Gasteiger partial charge in [0.25, 0.3) is 0 Å². The monoisotopic (exact) mass is 280 g/mol. The van der Waals surface area contributed by atoms with Crippen LogP contribution in [-0.4, -0.2) is 26.2 Å². The van der Waals surface area contributed by atoms with Crippen molar-refractivity contribution < 1.29 is 14.3 Å². The molecular formula is C15H24N2O3. The van der Waals surface area contributed by atoms with E-state index in [1.807, 2.05) is 19.1 Å². The average molecular weight is 280 g/mol. The Morgan fingerprint density at radius 3 is 2.60 bits per heavy atom.